The minimum absolute atomic E-state index is 0.0951. The van der Waals surface area contributed by atoms with Crippen molar-refractivity contribution in [3.63, 3.8) is 0 Å². The minimum atomic E-state index is -1.53. The van der Waals surface area contributed by atoms with Crippen molar-refractivity contribution >= 4 is 29.0 Å². The molecule has 132 valence electrons. The lowest BCUT2D eigenvalue weighted by molar-refractivity contribution is -0.559. The first-order valence-corrected chi connectivity index (χ1v) is 7.88. The number of nitrogens with one attached hydrogen (secondary N) is 1. The summed E-state index contributed by atoms with van der Waals surface area (Å²) < 4.78 is 1.73. The number of halogens is 1. The van der Waals surface area contributed by atoms with Gasteiger partial charge in [0.15, 0.2) is 6.17 Å². The molecule has 0 fully saturated rings. The summed E-state index contributed by atoms with van der Waals surface area (Å²) >= 11 is 6.00. The Morgan fingerprint density at radius 3 is 2.96 bits per heavy atom. The van der Waals surface area contributed by atoms with Gasteiger partial charge in [-0.2, -0.15) is 0 Å². The molecule has 0 spiro atoms. The zero-order valence-electron chi connectivity index (χ0n) is 13.4. The molecule has 2 atom stereocenters. The number of rotatable bonds is 5. The zero-order chi connectivity index (χ0) is 18.2. The van der Waals surface area contributed by atoms with Crippen molar-refractivity contribution in [1.29, 1.82) is 0 Å². The minimum Gasteiger partial charge on any atom is -0.384 e. The van der Waals surface area contributed by atoms with Crippen molar-refractivity contribution in [3.05, 3.63) is 45.4 Å². The Morgan fingerprint density at radius 1 is 1.52 bits per heavy atom. The Balaban J connectivity index is 1.80. The van der Waals surface area contributed by atoms with Crippen LogP contribution in [0.15, 0.2) is 29.4 Å². The topological polar surface area (TPSA) is 150 Å². The number of nitrogens with two attached hydrogens (primary N) is 2. The number of fused-ring (bicyclic) bond motifs is 1. The van der Waals surface area contributed by atoms with Crippen LogP contribution in [-0.4, -0.2) is 43.4 Å². The fourth-order valence-electron chi connectivity index (χ4n) is 2.72. The zero-order valence-corrected chi connectivity index (χ0v) is 14.1. The molecule has 0 amide bonds. The Kier molecular flexibility index (Phi) is 4.31. The highest BCUT2D eigenvalue weighted by atomic mass is 35.5. The molecule has 0 bridgehead atoms. The summed E-state index contributed by atoms with van der Waals surface area (Å²) in [5.74, 6) is 0.614. The summed E-state index contributed by atoms with van der Waals surface area (Å²) in [5, 5.41) is 14.9. The third kappa shape index (κ3) is 3.13. The normalized spacial score (nSPS) is 22.8. The summed E-state index contributed by atoms with van der Waals surface area (Å²) in [6, 6.07) is 1.63. The van der Waals surface area contributed by atoms with Gasteiger partial charge in [0.2, 0.25) is 5.95 Å². The SMILES string of the molecule is Cc1cn2c(NCCC3([N+](=O)[O-])C=CC(N)=NC3N)nc(Cl)cc2n1. The van der Waals surface area contributed by atoms with E-state index < -0.39 is 16.6 Å². The highest BCUT2D eigenvalue weighted by molar-refractivity contribution is 6.29. The van der Waals surface area contributed by atoms with Crippen LogP contribution in [-0.2, 0) is 0 Å². The van der Waals surface area contributed by atoms with Crippen molar-refractivity contribution in [2.75, 3.05) is 11.9 Å². The van der Waals surface area contributed by atoms with Crippen LogP contribution in [0.2, 0.25) is 5.15 Å². The number of hydrogen-bond donors (Lipinski definition) is 3. The lowest BCUT2D eigenvalue weighted by Crippen LogP contribution is -2.54. The highest BCUT2D eigenvalue weighted by Gasteiger charge is 2.48. The van der Waals surface area contributed by atoms with E-state index in [0.29, 0.717) is 11.6 Å². The Morgan fingerprint density at radius 2 is 2.28 bits per heavy atom. The standard InChI is InChI=1S/C14H17ClN8O2/c1-8-7-22-11(19-8)6-9(15)20-13(22)18-5-4-14(23(24)25)3-2-10(16)21-12(14)17/h2-3,6-7,12H,4-5,17H2,1H3,(H2,16,21)(H,18,20). The molecule has 2 unspecified atom stereocenters. The molecule has 25 heavy (non-hydrogen) atoms. The molecule has 2 aromatic heterocycles. The fourth-order valence-corrected chi connectivity index (χ4v) is 2.89. The fraction of sp³-hybridized carbons (Fsp3) is 0.357. The van der Waals surface area contributed by atoms with Gasteiger partial charge in [0.1, 0.15) is 16.6 Å². The predicted molar refractivity (Wildman–Crippen MR) is 94.3 cm³/mol. The van der Waals surface area contributed by atoms with Crippen molar-refractivity contribution in [2.24, 2.45) is 16.5 Å². The second kappa shape index (κ2) is 6.30. The second-order valence-corrected chi connectivity index (χ2v) is 6.16. The molecular weight excluding hydrogens is 348 g/mol. The lowest BCUT2D eigenvalue weighted by Gasteiger charge is -2.28. The molecule has 0 aromatic carbocycles. The molecule has 0 aliphatic carbocycles. The van der Waals surface area contributed by atoms with Crippen LogP contribution in [0, 0.1) is 17.0 Å². The van der Waals surface area contributed by atoms with E-state index in [2.05, 4.69) is 20.3 Å². The smallest absolute Gasteiger partial charge is 0.277 e. The molecule has 5 N–H and O–H groups in total. The van der Waals surface area contributed by atoms with Crippen LogP contribution >= 0.6 is 11.6 Å². The van der Waals surface area contributed by atoms with E-state index in [1.54, 1.807) is 16.7 Å². The van der Waals surface area contributed by atoms with Crippen LogP contribution in [0.5, 0.6) is 0 Å². The molecule has 11 heteroatoms. The maximum absolute atomic E-state index is 11.6. The third-order valence-electron chi connectivity index (χ3n) is 4.03. The number of aryl methyl sites for hydroxylation is 1. The van der Waals surface area contributed by atoms with Crippen LogP contribution in [0.25, 0.3) is 5.65 Å². The van der Waals surface area contributed by atoms with Crippen molar-refractivity contribution in [2.45, 2.75) is 25.0 Å². The second-order valence-electron chi connectivity index (χ2n) is 5.77. The van der Waals surface area contributed by atoms with Gasteiger partial charge in [-0.05, 0) is 19.1 Å². The van der Waals surface area contributed by atoms with E-state index in [1.165, 1.54) is 12.2 Å². The monoisotopic (exact) mass is 364 g/mol. The van der Waals surface area contributed by atoms with Crippen LogP contribution in [0.1, 0.15) is 12.1 Å². The number of hydrogen-bond acceptors (Lipinski definition) is 8. The average molecular weight is 365 g/mol. The van der Waals surface area contributed by atoms with Crippen LogP contribution < -0.4 is 16.8 Å². The largest absolute Gasteiger partial charge is 0.384 e. The molecule has 0 radical (unpaired) electrons. The number of imidazole rings is 1. The molecule has 3 rings (SSSR count). The molecule has 1 aliphatic rings. The predicted octanol–water partition coefficient (Wildman–Crippen LogP) is 0.720. The summed E-state index contributed by atoms with van der Waals surface area (Å²) in [4.78, 5) is 23.6. The van der Waals surface area contributed by atoms with Crippen molar-refractivity contribution < 1.29 is 4.92 Å². The maximum Gasteiger partial charge on any atom is 0.277 e. The van der Waals surface area contributed by atoms with E-state index >= 15 is 0 Å². The number of dihydropyridines is 1. The highest BCUT2D eigenvalue weighted by Crippen LogP contribution is 2.25. The molecular formula is C14H17ClN8O2. The van der Waals surface area contributed by atoms with Gasteiger partial charge in [0.05, 0.1) is 5.69 Å². The summed E-state index contributed by atoms with van der Waals surface area (Å²) in [6.45, 7) is 2.08. The molecule has 0 saturated carbocycles. The molecule has 10 nitrogen and oxygen atoms in total. The summed E-state index contributed by atoms with van der Waals surface area (Å²) in [6.07, 6.45) is 3.63. The molecule has 1 aliphatic heterocycles. The first-order chi connectivity index (χ1) is 11.8. The van der Waals surface area contributed by atoms with Gasteiger partial charge < -0.3 is 16.8 Å². The van der Waals surface area contributed by atoms with Gasteiger partial charge in [-0.25, -0.2) is 15.0 Å². The van der Waals surface area contributed by atoms with E-state index in [9.17, 15) is 10.1 Å². The number of nitrogens with zero attached hydrogens (tertiary/aromatic N) is 5. The van der Waals surface area contributed by atoms with Gasteiger partial charge in [0.25, 0.3) is 5.54 Å². The average Bonchev–Trinajstić information content (AvgIpc) is 2.89. The van der Waals surface area contributed by atoms with E-state index in [-0.39, 0.29) is 24.0 Å². The Hall–Kier alpha value is -2.72. The van der Waals surface area contributed by atoms with Crippen molar-refractivity contribution in [3.8, 4) is 0 Å². The van der Waals surface area contributed by atoms with Gasteiger partial charge >= 0.3 is 0 Å². The summed E-state index contributed by atoms with van der Waals surface area (Å²) in [7, 11) is 0. The first kappa shape index (κ1) is 17.1. The first-order valence-electron chi connectivity index (χ1n) is 7.50. The number of anilines is 1. The van der Waals surface area contributed by atoms with E-state index in [1.807, 2.05) is 6.92 Å². The van der Waals surface area contributed by atoms with E-state index in [4.69, 9.17) is 23.1 Å². The third-order valence-corrected chi connectivity index (χ3v) is 4.23. The molecule has 3 heterocycles. The van der Waals surface area contributed by atoms with Crippen LogP contribution in [0.3, 0.4) is 0 Å². The number of amidine groups is 1. The van der Waals surface area contributed by atoms with Gasteiger partial charge in [-0.1, -0.05) is 11.6 Å². The number of aliphatic imine (C=N–C) groups is 1. The molecule has 0 saturated heterocycles. The van der Waals surface area contributed by atoms with Gasteiger partial charge in [-0.15, -0.1) is 0 Å². The Bertz CT molecular complexity index is 892. The lowest BCUT2D eigenvalue weighted by atomic mass is 9.90. The Labute approximate surface area is 147 Å². The summed E-state index contributed by atoms with van der Waals surface area (Å²) in [5.41, 5.74) is 11.3. The maximum atomic E-state index is 11.6. The molecule has 2 aromatic rings. The van der Waals surface area contributed by atoms with Crippen LogP contribution in [0.4, 0.5) is 5.95 Å². The number of aromatic nitrogens is 3. The van der Waals surface area contributed by atoms with Gasteiger partial charge in [0, 0.05) is 30.2 Å². The van der Waals surface area contributed by atoms with Crippen molar-refractivity contribution in [1.82, 2.24) is 14.4 Å². The van der Waals surface area contributed by atoms with Gasteiger partial charge in [-0.3, -0.25) is 14.5 Å². The quantitative estimate of drug-likeness (QED) is 0.401. The number of nitro groups is 1. The van der Waals surface area contributed by atoms with E-state index in [0.717, 1.165) is 5.69 Å².